The van der Waals surface area contributed by atoms with Gasteiger partial charge in [-0.1, -0.05) is 35.0 Å². The largest absolute Gasteiger partial charge is 0.177 e. The number of benzene rings is 1. The van der Waals surface area contributed by atoms with Crippen LogP contribution in [-0.4, -0.2) is 20.6 Å². The molecule has 0 fully saturated rings. The van der Waals surface area contributed by atoms with Gasteiger partial charge in [-0.25, -0.2) is 0 Å². The van der Waals surface area contributed by atoms with Gasteiger partial charge in [0.1, 0.15) is 0 Å². The number of nitrogens with one attached hydrogen (secondary N) is 1. The monoisotopic (exact) mass is 188 g/mol. The highest BCUT2D eigenvalue weighted by Crippen LogP contribution is 2.06. The van der Waals surface area contributed by atoms with Gasteiger partial charge in [0.25, 0.3) is 0 Å². The first-order chi connectivity index (χ1) is 6.84. The molecule has 72 valence electrons. The Labute approximate surface area is 82.4 Å². The van der Waals surface area contributed by atoms with Crippen molar-refractivity contribution < 1.29 is 0 Å². The fourth-order valence-electron chi connectivity index (χ4n) is 1.41. The molecular weight excluding hydrogens is 176 g/mol. The summed E-state index contributed by atoms with van der Waals surface area (Å²) in [7, 11) is 0. The molecule has 14 heavy (non-hydrogen) atoms. The molecule has 4 heteroatoms. The molecule has 1 N–H and O–H groups in total. The van der Waals surface area contributed by atoms with Gasteiger partial charge in [0.2, 0.25) is 0 Å². The average Bonchev–Trinajstić information content (AvgIpc) is 2.67. The Morgan fingerprint density at radius 1 is 1.29 bits per heavy atom. The lowest BCUT2D eigenvalue weighted by molar-refractivity contribution is 0.863. The highest BCUT2D eigenvalue weighted by Gasteiger charge is 1.99. The zero-order valence-corrected chi connectivity index (χ0v) is 8.07. The first-order valence-electron chi connectivity index (χ1n) is 4.62. The fourth-order valence-corrected chi connectivity index (χ4v) is 1.41. The van der Waals surface area contributed by atoms with E-state index in [4.69, 9.17) is 0 Å². The summed E-state index contributed by atoms with van der Waals surface area (Å²) in [6, 6.07) is 8.46. The molecule has 1 heterocycles. The molecule has 0 atom stereocenters. The van der Waals surface area contributed by atoms with E-state index in [-0.39, 0.29) is 0 Å². The van der Waals surface area contributed by atoms with Crippen molar-refractivity contribution in [1.82, 2.24) is 20.6 Å². The molecule has 2 rings (SSSR count). The molecule has 0 spiro atoms. The van der Waals surface area contributed by atoms with Crippen LogP contribution in [0.15, 0.2) is 24.3 Å². The lowest BCUT2D eigenvalue weighted by Gasteiger charge is -1.99. The zero-order chi connectivity index (χ0) is 9.80. The van der Waals surface area contributed by atoms with E-state index in [1.807, 2.05) is 0 Å². The molecule has 4 nitrogen and oxygen atoms in total. The minimum Gasteiger partial charge on any atom is -0.177 e. The number of aryl methyl sites for hydroxylation is 3. The number of rotatable bonds is 3. The number of H-pyrrole nitrogens is 1. The molecule has 0 unspecified atom stereocenters. The standard InChI is InChI=1S/C10H12N4/c1-8-3-2-4-9(7-8)5-6-10-11-13-14-12-10/h2-4,7H,5-6H2,1H3,(H,11,12,13,14). The maximum Gasteiger partial charge on any atom is 0.174 e. The van der Waals surface area contributed by atoms with Crippen LogP contribution in [0, 0.1) is 6.92 Å². The summed E-state index contributed by atoms with van der Waals surface area (Å²) < 4.78 is 0. The van der Waals surface area contributed by atoms with Crippen molar-refractivity contribution in [2.45, 2.75) is 19.8 Å². The Kier molecular flexibility index (Phi) is 2.53. The Hall–Kier alpha value is -1.71. The summed E-state index contributed by atoms with van der Waals surface area (Å²) in [6.45, 7) is 2.10. The number of aromatic nitrogens is 4. The molecule has 1 aromatic heterocycles. The second-order valence-electron chi connectivity index (χ2n) is 3.32. The summed E-state index contributed by atoms with van der Waals surface area (Å²) in [5.41, 5.74) is 2.60. The smallest absolute Gasteiger partial charge is 0.174 e. The third-order valence-corrected chi connectivity index (χ3v) is 2.11. The summed E-state index contributed by atoms with van der Waals surface area (Å²) in [5.74, 6) is 0.770. The molecule has 0 aliphatic rings. The maximum absolute atomic E-state index is 3.91. The SMILES string of the molecule is Cc1cccc(CCc2nn[nH]n2)c1. The molecule has 0 saturated heterocycles. The van der Waals surface area contributed by atoms with Crippen LogP contribution in [0.2, 0.25) is 0 Å². The van der Waals surface area contributed by atoms with Crippen LogP contribution in [0.1, 0.15) is 17.0 Å². The molecular formula is C10H12N4. The van der Waals surface area contributed by atoms with Crippen molar-refractivity contribution in [3.05, 3.63) is 41.2 Å². The molecule has 0 radical (unpaired) electrons. The Bertz CT molecular complexity index is 394. The molecule has 0 saturated carbocycles. The maximum atomic E-state index is 3.91. The normalized spacial score (nSPS) is 10.4. The molecule has 0 amide bonds. The summed E-state index contributed by atoms with van der Waals surface area (Å²) >= 11 is 0. The average molecular weight is 188 g/mol. The van der Waals surface area contributed by atoms with Crippen LogP contribution in [0.3, 0.4) is 0 Å². The van der Waals surface area contributed by atoms with E-state index in [0.717, 1.165) is 18.7 Å². The van der Waals surface area contributed by atoms with Crippen molar-refractivity contribution in [2.75, 3.05) is 0 Å². The van der Waals surface area contributed by atoms with Gasteiger partial charge in [0.15, 0.2) is 5.82 Å². The number of tetrazole rings is 1. The van der Waals surface area contributed by atoms with Crippen LogP contribution in [0.5, 0.6) is 0 Å². The van der Waals surface area contributed by atoms with Crippen molar-refractivity contribution in [3.8, 4) is 0 Å². The highest BCUT2D eigenvalue weighted by molar-refractivity contribution is 5.22. The van der Waals surface area contributed by atoms with Crippen LogP contribution >= 0.6 is 0 Å². The van der Waals surface area contributed by atoms with E-state index in [1.54, 1.807) is 0 Å². The second-order valence-corrected chi connectivity index (χ2v) is 3.32. The first-order valence-corrected chi connectivity index (χ1v) is 4.62. The lowest BCUT2D eigenvalue weighted by atomic mass is 10.1. The molecule has 0 bridgehead atoms. The third-order valence-electron chi connectivity index (χ3n) is 2.11. The number of hydrogen-bond acceptors (Lipinski definition) is 3. The summed E-state index contributed by atoms with van der Waals surface area (Å²) in [5, 5.41) is 13.8. The predicted molar refractivity (Wildman–Crippen MR) is 52.8 cm³/mol. The van der Waals surface area contributed by atoms with Gasteiger partial charge in [-0.3, -0.25) is 0 Å². The van der Waals surface area contributed by atoms with E-state index in [2.05, 4.69) is 51.8 Å². The summed E-state index contributed by atoms with van der Waals surface area (Å²) in [4.78, 5) is 0. The molecule has 0 aliphatic heterocycles. The first kappa shape index (κ1) is 8.87. The van der Waals surface area contributed by atoms with Crippen molar-refractivity contribution in [3.63, 3.8) is 0 Å². The van der Waals surface area contributed by atoms with Crippen molar-refractivity contribution in [1.29, 1.82) is 0 Å². The van der Waals surface area contributed by atoms with E-state index < -0.39 is 0 Å². The van der Waals surface area contributed by atoms with Gasteiger partial charge in [0, 0.05) is 6.42 Å². The molecule has 0 aliphatic carbocycles. The quantitative estimate of drug-likeness (QED) is 0.789. The van der Waals surface area contributed by atoms with E-state index in [9.17, 15) is 0 Å². The third kappa shape index (κ3) is 2.16. The van der Waals surface area contributed by atoms with Gasteiger partial charge in [-0.2, -0.15) is 5.21 Å². The van der Waals surface area contributed by atoms with Crippen molar-refractivity contribution >= 4 is 0 Å². The minimum atomic E-state index is 0.770. The molecule has 1 aromatic carbocycles. The van der Waals surface area contributed by atoms with E-state index in [1.165, 1.54) is 11.1 Å². The van der Waals surface area contributed by atoms with Gasteiger partial charge in [-0.15, -0.1) is 10.2 Å². The minimum absolute atomic E-state index is 0.770. The lowest BCUT2D eigenvalue weighted by Crippen LogP contribution is -1.94. The van der Waals surface area contributed by atoms with Gasteiger partial charge >= 0.3 is 0 Å². The van der Waals surface area contributed by atoms with Crippen molar-refractivity contribution in [2.24, 2.45) is 0 Å². The molecule has 2 aromatic rings. The van der Waals surface area contributed by atoms with Crippen LogP contribution in [-0.2, 0) is 12.8 Å². The van der Waals surface area contributed by atoms with Crippen LogP contribution < -0.4 is 0 Å². The summed E-state index contributed by atoms with van der Waals surface area (Å²) in [6.07, 6.45) is 1.79. The number of nitrogens with zero attached hydrogens (tertiary/aromatic N) is 3. The predicted octanol–water partition coefficient (Wildman–Crippen LogP) is 1.29. The van der Waals surface area contributed by atoms with E-state index >= 15 is 0 Å². The van der Waals surface area contributed by atoms with Gasteiger partial charge in [0.05, 0.1) is 0 Å². The Balaban J connectivity index is 1.98. The second kappa shape index (κ2) is 4.00. The van der Waals surface area contributed by atoms with Crippen LogP contribution in [0.25, 0.3) is 0 Å². The highest BCUT2D eigenvalue weighted by atomic mass is 15.5. The number of hydrogen-bond donors (Lipinski definition) is 1. The Morgan fingerprint density at radius 2 is 2.21 bits per heavy atom. The Morgan fingerprint density at radius 3 is 2.93 bits per heavy atom. The fraction of sp³-hybridized carbons (Fsp3) is 0.300. The van der Waals surface area contributed by atoms with Crippen LogP contribution in [0.4, 0.5) is 0 Å². The topological polar surface area (TPSA) is 54.5 Å². The zero-order valence-electron chi connectivity index (χ0n) is 8.07. The van der Waals surface area contributed by atoms with Gasteiger partial charge in [-0.05, 0) is 18.9 Å². The van der Waals surface area contributed by atoms with Gasteiger partial charge < -0.3 is 0 Å². The number of aromatic amines is 1. The van der Waals surface area contributed by atoms with E-state index in [0.29, 0.717) is 0 Å².